The van der Waals surface area contributed by atoms with Crippen LogP contribution < -0.4 is 0 Å². The van der Waals surface area contributed by atoms with Crippen molar-refractivity contribution in [2.24, 2.45) is 0 Å². The van der Waals surface area contributed by atoms with Gasteiger partial charge in [-0.25, -0.2) is 4.79 Å². The van der Waals surface area contributed by atoms with E-state index in [-0.39, 0.29) is 5.97 Å². The summed E-state index contributed by atoms with van der Waals surface area (Å²) in [7, 11) is 0. The van der Waals surface area contributed by atoms with Gasteiger partial charge in [-0.05, 0) is 62.0 Å². The molecular formula is C23H29N5O2S. The second kappa shape index (κ2) is 9.72. The molecule has 3 heterocycles. The van der Waals surface area contributed by atoms with Gasteiger partial charge in [0.15, 0.2) is 4.77 Å². The lowest BCUT2D eigenvalue weighted by molar-refractivity contribution is 0.0526. The summed E-state index contributed by atoms with van der Waals surface area (Å²) in [4.78, 5) is 21.2. The molecule has 1 fully saturated rings. The zero-order valence-electron chi connectivity index (χ0n) is 18.2. The number of carbonyl (C=O) groups excluding carboxylic acids is 1. The second-order valence-electron chi connectivity index (χ2n) is 7.77. The van der Waals surface area contributed by atoms with E-state index in [1.165, 1.54) is 5.56 Å². The van der Waals surface area contributed by atoms with Crippen molar-refractivity contribution in [2.75, 3.05) is 32.8 Å². The minimum atomic E-state index is -0.296. The van der Waals surface area contributed by atoms with E-state index in [4.69, 9.17) is 17.0 Å². The van der Waals surface area contributed by atoms with Crippen LogP contribution in [0.4, 0.5) is 0 Å². The van der Waals surface area contributed by atoms with Crippen LogP contribution in [-0.4, -0.2) is 62.7 Å². The number of fused-ring (bicyclic) bond motifs is 1. The Bertz CT molecular complexity index is 1100. The van der Waals surface area contributed by atoms with Gasteiger partial charge in [0, 0.05) is 51.7 Å². The fourth-order valence-electron chi connectivity index (χ4n) is 4.14. The number of rotatable bonds is 7. The quantitative estimate of drug-likeness (QED) is 0.415. The Morgan fingerprint density at radius 2 is 1.71 bits per heavy atom. The number of piperazine rings is 1. The Balaban J connectivity index is 1.51. The average molecular weight is 440 g/mol. The molecule has 0 spiro atoms. The molecule has 4 rings (SSSR count). The molecule has 0 unspecified atom stereocenters. The average Bonchev–Trinajstić information content (AvgIpc) is 3.06. The maximum Gasteiger partial charge on any atom is 0.338 e. The number of aromatic nitrogens is 3. The Morgan fingerprint density at radius 3 is 2.39 bits per heavy atom. The summed E-state index contributed by atoms with van der Waals surface area (Å²) in [6.45, 7) is 10.7. The summed E-state index contributed by atoms with van der Waals surface area (Å²) in [6.07, 6.45) is 3.70. The molecule has 164 valence electrons. The van der Waals surface area contributed by atoms with Crippen molar-refractivity contribution >= 4 is 29.2 Å². The maximum atomic E-state index is 12.3. The molecule has 31 heavy (non-hydrogen) atoms. The van der Waals surface area contributed by atoms with Gasteiger partial charge >= 0.3 is 5.97 Å². The molecule has 1 aromatic carbocycles. The summed E-state index contributed by atoms with van der Waals surface area (Å²) in [6, 6.07) is 9.86. The third kappa shape index (κ3) is 4.71. The van der Waals surface area contributed by atoms with Crippen molar-refractivity contribution < 1.29 is 9.53 Å². The summed E-state index contributed by atoms with van der Waals surface area (Å²) in [5.74, 6) is -0.296. The second-order valence-corrected chi connectivity index (χ2v) is 8.14. The standard InChI is InChI=1S/C23H29N5O2S/c1-3-27-20-6-5-19(22(29)30-4-2)15-21(20)28(23(27)31)17-26-13-11-25(12-14-26)16-18-7-9-24-10-8-18/h5-10,15H,3-4,11-14,16-17H2,1-2H3. The van der Waals surface area contributed by atoms with Gasteiger partial charge in [-0.2, -0.15) is 0 Å². The zero-order chi connectivity index (χ0) is 21.8. The molecule has 8 heteroatoms. The van der Waals surface area contributed by atoms with Crippen molar-refractivity contribution in [1.82, 2.24) is 23.9 Å². The van der Waals surface area contributed by atoms with Gasteiger partial charge < -0.3 is 13.9 Å². The normalized spacial score (nSPS) is 15.4. The topological polar surface area (TPSA) is 55.5 Å². The van der Waals surface area contributed by atoms with E-state index in [2.05, 4.69) is 43.0 Å². The van der Waals surface area contributed by atoms with Crippen LogP contribution in [0.1, 0.15) is 29.8 Å². The number of benzene rings is 1. The fraction of sp³-hybridized carbons (Fsp3) is 0.435. The summed E-state index contributed by atoms with van der Waals surface area (Å²) in [5.41, 5.74) is 3.89. The number of hydrogen-bond acceptors (Lipinski definition) is 6. The summed E-state index contributed by atoms with van der Waals surface area (Å²) >= 11 is 5.80. The first kappa shape index (κ1) is 21.7. The Labute approximate surface area is 187 Å². The van der Waals surface area contributed by atoms with E-state index in [1.807, 2.05) is 37.5 Å². The molecule has 1 aliphatic heterocycles. The number of ether oxygens (including phenoxy) is 1. The lowest BCUT2D eigenvalue weighted by Crippen LogP contribution is -2.46. The highest BCUT2D eigenvalue weighted by atomic mass is 32.1. The van der Waals surface area contributed by atoms with Gasteiger partial charge in [0.2, 0.25) is 0 Å². The van der Waals surface area contributed by atoms with E-state index in [0.717, 1.165) is 61.7 Å². The molecule has 0 amide bonds. The molecule has 0 bridgehead atoms. The van der Waals surface area contributed by atoms with Gasteiger partial charge in [0.1, 0.15) is 0 Å². The number of carbonyl (C=O) groups is 1. The third-order valence-electron chi connectivity index (χ3n) is 5.81. The molecule has 0 radical (unpaired) electrons. The minimum Gasteiger partial charge on any atom is -0.462 e. The maximum absolute atomic E-state index is 12.3. The number of hydrogen-bond donors (Lipinski definition) is 0. The molecule has 0 atom stereocenters. The molecule has 0 saturated carbocycles. The largest absolute Gasteiger partial charge is 0.462 e. The van der Waals surface area contributed by atoms with Gasteiger partial charge in [-0.15, -0.1) is 0 Å². The van der Waals surface area contributed by atoms with E-state index < -0.39 is 0 Å². The molecule has 1 aliphatic rings. The van der Waals surface area contributed by atoms with Crippen LogP contribution in [0.5, 0.6) is 0 Å². The highest BCUT2D eigenvalue weighted by molar-refractivity contribution is 7.71. The van der Waals surface area contributed by atoms with E-state index >= 15 is 0 Å². The van der Waals surface area contributed by atoms with Crippen molar-refractivity contribution in [3.63, 3.8) is 0 Å². The number of imidazole rings is 1. The predicted octanol–water partition coefficient (Wildman–Crippen LogP) is 3.54. The van der Waals surface area contributed by atoms with Crippen LogP contribution in [0.2, 0.25) is 0 Å². The lowest BCUT2D eigenvalue weighted by Gasteiger charge is -2.34. The van der Waals surface area contributed by atoms with E-state index in [1.54, 1.807) is 0 Å². The van der Waals surface area contributed by atoms with Crippen molar-refractivity contribution in [2.45, 2.75) is 33.6 Å². The van der Waals surface area contributed by atoms with Crippen molar-refractivity contribution in [3.05, 3.63) is 58.6 Å². The molecule has 2 aromatic heterocycles. The third-order valence-corrected chi connectivity index (χ3v) is 6.25. The van der Waals surface area contributed by atoms with Gasteiger partial charge in [-0.1, -0.05) is 0 Å². The van der Waals surface area contributed by atoms with Crippen molar-refractivity contribution in [3.8, 4) is 0 Å². The smallest absolute Gasteiger partial charge is 0.338 e. The Kier molecular flexibility index (Phi) is 6.80. The molecule has 7 nitrogen and oxygen atoms in total. The van der Waals surface area contributed by atoms with Crippen LogP contribution in [-0.2, 0) is 24.5 Å². The Hall–Kier alpha value is -2.55. The minimum absolute atomic E-state index is 0.296. The first-order valence-corrected chi connectivity index (χ1v) is 11.2. The summed E-state index contributed by atoms with van der Waals surface area (Å²) < 4.78 is 10.3. The first-order valence-electron chi connectivity index (χ1n) is 10.8. The van der Waals surface area contributed by atoms with E-state index in [9.17, 15) is 4.79 Å². The SMILES string of the molecule is CCOC(=O)c1ccc2c(c1)n(CN1CCN(Cc3ccncc3)CC1)c(=S)n2CC. The van der Waals surface area contributed by atoms with Crippen LogP contribution in [0.3, 0.4) is 0 Å². The van der Waals surface area contributed by atoms with Crippen LogP contribution in [0, 0.1) is 4.77 Å². The number of aryl methyl sites for hydroxylation is 1. The lowest BCUT2D eigenvalue weighted by atomic mass is 10.2. The highest BCUT2D eigenvalue weighted by Gasteiger charge is 2.20. The highest BCUT2D eigenvalue weighted by Crippen LogP contribution is 2.22. The zero-order valence-corrected chi connectivity index (χ0v) is 19.0. The summed E-state index contributed by atoms with van der Waals surface area (Å²) in [5, 5.41) is 0. The number of pyridine rings is 1. The molecular weight excluding hydrogens is 410 g/mol. The van der Waals surface area contributed by atoms with Crippen LogP contribution >= 0.6 is 12.2 Å². The van der Waals surface area contributed by atoms with Crippen LogP contribution in [0.15, 0.2) is 42.7 Å². The van der Waals surface area contributed by atoms with Crippen molar-refractivity contribution in [1.29, 1.82) is 0 Å². The first-order chi connectivity index (χ1) is 15.1. The number of esters is 1. The van der Waals surface area contributed by atoms with Gasteiger partial charge in [0.25, 0.3) is 0 Å². The molecule has 0 N–H and O–H groups in total. The number of nitrogens with zero attached hydrogens (tertiary/aromatic N) is 5. The van der Waals surface area contributed by atoms with Gasteiger partial charge in [0.05, 0.1) is 29.9 Å². The molecule has 0 aliphatic carbocycles. The van der Waals surface area contributed by atoms with Gasteiger partial charge in [-0.3, -0.25) is 14.8 Å². The fourth-order valence-corrected chi connectivity index (χ4v) is 4.52. The predicted molar refractivity (Wildman–Crippen MR) is 123 cm³/mol. The van der Waals surface area contributed by atoms with E-state index in [0.29, 0.717) is 12.2 Å². The molecule has 1 saturated heterocycles. The molecule has 3 aromatic rings. The Morgan fingerprint density at radius 1 is 1.00 bits per heavy atom. The van der Waals surface area contributed by atoms with Crippen LogP contribution in [0.25, 0.3) is 11.0 Å². The monoisotopic (exact) mass is 439 g/mol.